The van der Waals surface area contributed by atoms with Crippen LogP contribution in [0.5, 0.6) is 0 Å². The molecule has 0 aliphatic carbocycles. The van der Waals surface area contributed by atoms with Crippen LogP contribution in [0.2, 0.25) is 0 Å². The highest BCUT2D eigenvalue weighted by Gasteiger charge is 2.17. The minimum Gasteiger partial charge on any atom is -0.403 e. The van der Waals surface area contributed by atoms with Crippen molar-refractivity contribution in [1.29, 1.82) is 0 Å². The van der Waals surface area contributed by atoms with Gasteiger partial charge in [-0.1, -0.05) is 5.10 Å². The Bertz CT molecular complexity index is 1080. The number of rotatable bonds is 4. The lowest BCUT2D eigenvalue weighted by molar-refractivity contribution is 0.102. The fourth-order valence-electron chi connectivity index (χ4n) is 2.07. The number of sulfone groups is 1. The Hall–Kier alpha value is -3.14. The SMILES string of the molecule is CS(=O)(=O)c1ccc(-c2nnc(NC(=O)c3ccc(F)cc3F)o2)cc1. The third kappa shape index (κ3) is 3.75. The van der Waals surface area contributed by atoms with E-state index in [1.807, 2.05) is 0 Å². The topological polar surface area (TPSA) is 102 Å². The van der Waals surface area contributed by atoms with Crippen molar-refractivity contribution in [2.24, 2.45) is 0 Å². The molecule has 0 saturated carbocycles. The second-order valence-electron chi connectivity index (χ2n) is 5.29. The van der Waals surface area contributed by atoms with Crippen LogP contribution in [0, 0.1) is 11.6 Å². The van der Waals surface area contributed by atoms with Gasteiger partial charge in [0.2, 0.25) is 5.89 Å². The van der Waals surface area contributed by atoms with E-state index in [0.29, 0.717) is 11.6 Å². The van der Waals surface area contributed by atoms with E-state index in [-0.39, 0.29) is 22.4 Å². The predicted molar refractivity (Wildman–Crippen MR) is 87.2 cm³/mol. The number of nitrogens with one attached hydrogen (secondary N) is 1. The molecule has 1 N–H and O–H groups in total. The van der Waals surface area contributed by atoms with Gasteiger partial charge in [0, 0.05) is 17.9 Å². The molecule has 1 amide bonds. The summed E-state index contributed by atoms with van der Waals surface area (Å²) < 4.78 is 54.6. The first kappa shape index (κ1) is 17.7. The normalized spacial score (nSPS) is 11.3. The quantitative estimate of drug-likeness (QED) is 0.748. The van der Waals surface area contributed by atoms with Gasteiger partial charge in [0.1, 0.15) is 11.6 Å². The van der Waals surface area contributed by atoms with E-state index >= 15 is 0 Å². The molecule has 0 atom stereocenters. The number of anilines is 1. The Balaban J connectivity index is 1.78. The first-order valence-electron chi connectivity index (χ1n) is 7.14. The number of carbonyl (C=O) groups excluding carboxylic acids is 1. The third-order valence-electron chi connectivity index (χ3n) is 3.35. The summed E-state index contributed by atoms with van der Waals surface area (Å²) in [7, 11) is -3.34. The molecule has 0 aliphatic heterocycles. The summed E-state index contributed by atoms with van der Waals surface area (Å²) in [6, 6.07) is 7.91. The van der Waals surface area contributed by atoms with Crippen LogP contribution in [-0.4, -0.2) is 30.8 Å². The van der Waals surface area contributed by atoms with Crippen molar-refractivity contribution >= 4 is 21.8 Å². The Morgan fingerprint density at radius 2 is 1.77 bits per heavy atom. The van der Waals surface area contributed by atoms with E-state index in [9.17, 15) is 22.0 Å². The lowest BCUT2D eigenvalue weighted by Crippen LogP contribution is -2.14. The third-order valence-corrected chi connectivity index (χ3v) is 4.48. The Labute approximate surface area is 146 Å². The fourth-order valence-corrected chi connectivity index (χ4v) is 2.70. The molecule has 134 valence electrons. The molecule has 7 nitrogen and oxygen atoms in total. The van der Waals surface area contributed by atoms with Crippen LogP contribution in [0.3, 0.4) is 0 Å². The molecular weight excluding hydrogens is 368 g/mol. The molecule has 26 heavy (non-hydrogen) atoms. The van der Waals surface area contributed by atoms with Crippen LogP contribution in [0.25, 0.3) is 11.5 Å². The van der Waals surface area contributed by atoms with Crippen molar-refractivity contribution in [1.82, 2.24) is 10.2 Å². The summed E-state index contributed by atoms with van der Waals surface area (Å²) in [5, 5.41) is 9.55. The molecule has 1 aromatic heterocycles. The number of hydrogen-bond acceptors (Lipinski definition) is 6. The summed E-state index contributed by atoms with van der Waals surface area (Å²) in [4.78, 5) is 12.1. The van der Waals surface area contributed by atoms with Gasteiger partial charge in [-0.2, -0.15) is 0 Å². The number of hydrogen-bond donors (Lipinski definition) is 1. The van der Waals surface area contributed by atoms with E-state index in [4.69, 9.17) is 4.42 Å². The minimum atomic E-state index is -3.34. The first-order chi connectivity index (χ1) is 12.2. The van der Waals surface area contributed by atoms with E-state index < -0.39 is 27.4 Å². The lowest BCUT2D eigenvalue weighted by Gasteiger charge is -2.02. The average molecular weight is 379 g/mol. The summed E-state index contributed by atoms with van der Waals surface area (Å²) in [6.45, 7) is 0. The van der Waals surface area contributed by atoms with E-state index in [2.05, 4.69) is 15.5 Å². The highest BCUT2D eigenvalue weighted by molar-refractivity contribution is 7.90. The van der Waals surface area contributed by atoms with Gasteiger partial charge in [-0.3, -0.25) is 10.1 Å². The molecule has 1 heterocycles. The molecule has 10 heteroatoms. The maximum atomic E-state index is 13.6. The van der Waals surface area contributed by atoms with Crippen LogP contribution < -0.4 is 5.32 Å². The van der Waals surface area contributed by atoms with Crippen molar-refractivity contribution in [3.05, 3.63) is 59.7 Å². The van der Waals surface area contributed by atoms with Gasteiger partial charge in [-0.05, 0) is 36.4 Å². The molecule has 0 radical (unpaired) electrons. The molecule has 0 spiro atoms. The van der Waals surface area contributed by atoms with Crippen LogP contribution in [0.4, 0.5) is 14.8 Å². The van der Waals surface area contributed by atoms with Crippen LogP contribution in [-0.2, 0) is 9.84 Å². The van der Waals surface area contributed by atoms with Crippen LogP contribution in [0.1, 0.15) is 10.4 Å². The number of halogens is 2. The van der Waals surface area contributed by atoms with Crippen molar-refractivity contribution in [3.8, 4) is 11.5 Å². The van der Waals surface area contributed by atoms with Gasteiger partial charge >= 0.3 is 6.01 Å². The molecule has 0 bridgehead atoms. The summed E-state index contributed by atoms with van der Waals surface area (Å²) in [5.41, 5.74) is 0.0435. The van der Waals surface area contributed by atoms with E-state index in [0.717, 1.165) is 18.4 Å². The molecule has 0 fully saturated rings. The van der Waals surface area contributed by atoms with Gasteiger partial charge in [0.25, 0.3) is 5.91 Å². The van der Waals surface area contributed by atoms with Gasteiger partial charge in [0.05, 0.1) is 10.5 Å². The fraction of sp³-hybridized carbons (Fsp3) is 0.0625. The summed E-state index contributed by atoms with van der Waals surface area (Å²) >= 11 is 0. The van der Waals surface area contributed by atoms with Crippen molar-refractivity contribution in [2.75, 3.05) is 11.6 Å². The van der Waals surface area contributed by atoms with Gasteiger partial charge in [0.15, 0.2) is 9.84 Å². The van der Waals surface area contributed by atoms with Gasteiger partial charge in [-0.25, -0.2) is 17.2 Å². The average Bonchev–Trinajstić information content (AvgIpc) is 3.02. The highest BCUT2D eigenvalue weighted by atomic mass is 32.2. The summed E-state index contributed by atoms with van der Waals surface area (Å²) in [6.07, 6.45) is 1.08. The molecule has 3 aromatic rings. The molecule has 3 rings (SSSR count). The maximum absolute atomic E-state index is 13.6. The Morgan fingerprint density at radius 3 is 2.38 bits per heavy atom. The Kier molecular flexibility index (Phi) is 4.51. The number of benzene rings is 2. The zero-order chi connectivity index (χ0) is 18.9. The van der Waals surface area contributed by atoms with Crippen molar-refractivity contribution in [2.45, 2.75) is 4.90 Å². The number of carbonyl (C=O) groups is 1. The zero-order valence-electron chi connectivity index (χ0n) is 13.2. The second-order valence-corrected chi connectivity index (χ2v) is 7.30. The molecule has 0 unspecified atom stereocenters. The monoisotopic (exact) mass is 379 g/mol. The lowest BCUT2D eigenvalue weighted by atomic mass is 10.2. The number of nitrogens with zero attached hydrogens (tertiary/aromatic N) is 2. The molecule has 0 saturated heterocycles. The smallest absolute Gasteiger partial charge is 0.322 e. The van der Waals surface area contributed by atoms with E-state index in [1.54, 1.807) is 0 Å². The van der Waals surface area contributed by atoms with E-state index in [1.165, 1.54) is 24.3 Å². The second kappa shape index (κ2) is 6.64. The van der Waals surface area contributed by atoms with Crippen molar-refractivity contribution in [3.63, 3.8) is 0 Å². The van der Waals surface area contributed by atoms with Crippen LogP contribution >= 0.6 is 0 Å². The van der Waals surface area contributed by atoms with Gasteiger partial charge < -0.3 is 4.42 Å². The van der Waals surface area contributed by atoms with Crippen LogP contribution in [0.15, 0.2) is 51.8 Å². The highest BCUT2D eigenvalue weighted by Crippen LogP contribution is 2.22. The van der Waals surface area contributed by atoms with Gasteiger partial charge in [-0.15, -0.1) is 5.10 Å². The molecular formula is C16H11F2N3O4S. The maximum Gasteiger partial charge on any atom is 0.322 e. The standard InChI is InChI=1S/C16H11F2N3O4S/c1-26(23,24)11-5-2-9(3-6-11)15-20-21-16(25-15)19-14(22)12-7-4-10(17)8-13(12)18/h2-8H,1H3,(H,19,21,22). The predicted octanol–water partition coefficient (Wildman–Crippen LogP) is 2.67. The minimum absolute atomic E-state index is 0.0277. The molecule has 2 aromatic carbocycles. The number of amides is 1. The number of aromatic nitrogens is 2. The molecule has 0 aliphatic rings. The summed E-state index contributed by atoms with van der Waals surface area (Å²) in [5.74, 6) is -2.69. The zero-order valence-corrected chi connectivity index (χ0v) is 14.0. The van der Waals surface area contributed by atoms with Crippen molar-refractivity contribution < 1.29 is 26.4 Å². The largest absolute Gasteiger partial charge is 0.403 e. The first-order valence-corrected chi connectivity index (χ1v) is 9.03. The Morgan fingerprint density at radius 1 is 1.08 bits per heavy atom.